The van der Waals surface area contributed by atoms with E-state index >= 15 is 0 Å². The molecule has 1 aliphatic heterocycles. The first-order chi connectivity index (χ1) is 10.4. The minimum absolute atomic E-state index is 0.0565. The van der Waals surface area contributed by atoms with Crippen molar-refractivity contribution in [3.05, 3.63) is 35.4 Å². The predicted molar refractivity (Wildman–Crippen MR) is 86.8 cm³/mol. The van der Waals surface area contributed by atoms with Crippen LogP contribution in [0.5, 0.6) is 0 Å². The van der Waals surface area contributed by atoms with Crippen LogP contribution < -0.4 is 0 Å². The molecule has 0 radical (unpaired) electrons. The molecule has 0 spiro atoms. The Morgan fingerprint density at radius 1 is 1.41 bits per heavy atom. The lowest BCUT2D eigenvalue weighted by Gasteiger charge is -2.24. The van der Waals surface area contributed by atoms with Crippen molar-refractivity contribution in [1.82, 2.24) is 4.90 Å². The Morgan fingerprint density at radius 3 is 2.86 bits per heavy atom. The number of carbonyl (C=O) groups is 1. The van der Waals surface area contributed by atoms with Gasteiger partial charge in [-0.05, 0) is 63.6 Å². The Hall–Kier alpha value is -1.39. The maximum Gasteiger partial charge on any atom is 0.254 e. The van der Waals surface area contributed by atoms with Crippen molar-refractivity contribution in [3.8, 4) is 0 Å². The van der Waals surface area contributed by atoms with Gasteiger partial charge in [0.15, 0.2) is 0 Å². The average molecular weight is 305 g/mol. The van der Waals surface area contributed by atoms with Crippen LogP contribution in [0.1, 0.15) is 55.5 Å². The van der Waals surface area contributed by atoms with E-state index in [1.54, 1.807) is 13.8 Å². The Kier molecular flexibility index (Phi) is 5.59. The van der Waals surface area contributed by atoms with Crippen LogP contribution in [-0.2, 0) is 6.42 Å². The molecule has 4 heteroatoms. The molecule has 4 nitrogen and oxygen atoms in total. The second-order valence-electron chi connectivity index (χ2n) is 6.82. The Bertz CT molecular complexity index is 507. The fourth-order valence-corrected chi connectivity index (χ4v) is 3.03. The van der Waals surface area contributed by atoms with Gasteiger partial charge in [0.05, 0.1) is 5.60 Å². The van der Waals surface area contributed by atoms with Crippen LogP contribution in [0.2, 0.25) is 0 Å². The summed E-state index contributed by atoms with van der Waals surface area (Å²) in [6, 6.07) is 7.85. The zero-order valence-electron chi connectivity index (χ0n) is 13.6. The summed E-state index contributed by atoms with van der Waals surface area (Å²) in [4.78, 5) is 14.6. The molecule has 2 rings (SSSR count). The van der Waals surface area contributed by atoms with Crippen molar-refractivity contribution in [2.45, 2.75) is 57.6 Å². The predicted octanol–water partition coefficient (Wildman–Crippen LogP) is 2.38. The van der Waals surface area contributed by atoms with Crippen molar-refractivity contribution in [2.75, 3.05) is 13.2 Å². The number of aryl methyl sites for hydroxylation is 1. The molecule has 0 saturated carbocycles. The summed E-state index contributed by atoms with van der Waals surface area (Å²) in [5.41, 5.74) is 1.09. The SMILES string of the molecule is CC(C)(O)CCc1cccc(C(=O)N2CCC[C@@H]2CCO)c1. The highest BCUT2D eigenvalue weighted by atomic mass is 16.3. The van der Waals surface area contributed by atoms with E-state index in [-0.39, 0.29) is 18.6 Å². The van der Waals surface area contributed by atoms with Gasteiger partial charge < -0.3 is 15.1 Å². The molecule has 2 N–H and O–H groups in total. The van der Waals surface area contributed by atoms with Gasteiger partial charge >= 0.3 is 0 Å². The molecule has 0 aliphatic carbocycles. The number of amides is 1. The molecule has 1 saturated heterocycles. The quantitative estimate of drug-likeness (QED) is 0.848. The summed E-state index contributed by atoms with van der Waals surface area (Å²) >= 11 is 0. The Morgan fingerprint density at radius 2 is 2.18 bits per heavy atom. The van der Waals surface area contributed by atoms with Crippen LogP contribution in [0.15, 0.2) is 24.3 Å². The maximum absolute atomic E-state index is 12.7. The molecule has 1 fully saturated rings. The number of carbonyl (C=O) groups excluding carboxylic acids is 1. The fourth-order valence-electron chi connectivity index (χ4n) is 3.03. The van der Waals surface area contributed by atoms with E-state index in [2.05, 4.69) is 0 Å². The summed E-state index contributed by atoms with van der Waals surface area (Å²) < 4.78 is 0. The number of rotatable bonds is 6. The standard InChI is InChI=1S/C18H27NO3/c1-18(2,22)10-8-14-5-3-6-15(13-14)17(21)19-11-4-7-16(19)9-12-20/h3,5-6,13,16,20,22H,4,7-12H2,1-2H3/t16-/m1/s1. The van der Waals surface area contributed by atoms with Gasteiger partial charge in [-0.25, -0.2) is 0 Å². The average Bonchev–Trinajstić information content (AvgIpc) is 2.93. The zero-order chi connectivity index (χ0) is 16.2. The first-order valence-electron chi connectivity index (χ1n) is 8.14. The molecule has 0 unspecified atom stereocenters. The van der Waals surface area contributed by atoms with E-state index in [1.165, 1.54) is 0 Å². The van der Waals surface area contributed by atoms with E-state index in [9.17, 15) is 9.90 Å². The van der Waals surface area contributed by atoms with Gasteiger partial charge in [-0.15, -0.1) is 0 Å². The normalized spacial score (nSPS) is 18.7. The van der Waals surface area contributed by atoms with Crippen molar-refractivity contribution < 1.29 is 15.0 Å². The summed E-state index contributed by atoms with van der Waals surface area (Å²) in [5.74, 6) is 0.0565. The number of hydrogen-bond donors (Lipinski definition) is 2. The van der Waals surface area contributed by atoms with E-state index in [0.29, 0.717) is 18.4 Å². The van der Waals surface area contributed by atoms with Crippen molar-refractivity contribution in [1.29, 1.82) is 0 Å². The minimum atomic E-state index is -0.693. The molecular weight excluding hydrogens is 278 g/mol. The highest BCUT2D eigenvalue weighted by Crippen LogP contribution is 2.23. The third kappa shape index (κ3) is 4.55. The van der Waals surface area contributed by atoms with Crippen molar-refractivity contribution in [3.63, 3.8) is 0 Å². The van der Waals surface area contributed by atoms with E-state index < -0.39 is 5.60 Å². The van der Waals surface area contributed by atoms with Gasteiger partial charge in [0.2, 0.25) is 0 Å². The van der Waals surface area contributed by atoms with E-state index in [0.717, 1.165) is 31.4 Å². The first-order valence-corrected chi connectivity index (χ1v) is 8.14. The molecule has 122 valence electrons. The largest absolute Gasteiger partial charge is 0.396 e. The van der Waals surface area contributed by atoms with Gasteiger partial charge in [-0.3, -0.25) is 4.79 Å². The topological polar surface area (TPSA) is 60.8 Å². The molecule has 0 aromatic heterocycles. The van der Waals surface area contributed by atoms with E-state index in [4.69, 9.17) is 5.11 Å². The molecule has 1 atom stereocenters. The zero-order valence-corrected chi connectivity index (χ0v) is 13.6. The van der Waals surface area contributed by atoms with Crippen LogP contribution in [-0.4, -0.2) is 45.8 Å². The second-order valence-corrected chi connectivity index (χ2v) is 6.82. The lowest BCUT2D eigenvalue weighted by atomic mass is 9.97. The Balaban J connectivity index is 2.06. The molecule has 1 heterocycles. The third-order valence-electron chi connectivity index (χ3n) is 4.30. The summed E-state index contributed by atoms with van der Waals surface area (Å²) in [6.07, 6.45) is 4.07. The first kappa shape index (κ1) is 17.0. The summed E-state index contributed by atoms with van der Waals surface area (Å²) in [5, 5.41) is 19.0. The van der Waals surface area contributed by atoms with Gasteiger partial charge in [0.1, 0.15) is 0 Å². The minimum Gasteiger partial charge on any atom is -0.396 e. The Labute approximate surface area is 132 Å². The van der Waals surface area contributed by atoms with Crippen LogP contribution in [0.3, 0.4) is 0 Å². The van der Waals surface area contributed by atoms with Crippen LogP contribution >= 0.6 is 0 Å². The van der Waals surface area contributed by atoms with Crippen LogP contribution in [0, 0.1) is 0 Å². The van der Waals surface area contributed by atoms with Gasteiger partial charge in [0, 0.05) is 24.8 Å². The smallest absolute Gasteiger partial charge is 0.254 e. The molecule has 1 amide bonds. The lowest BCUT2D eigenvalue weighted by molar-refractivity contribution is 0.0713. The summed E-state index contributed by atoms with van der Waals surface area (Å²) in [7, 11) is 0. The number of hydrogen-bond acceptors (Lipinski definition) is 3. The van der Waals surface area contributed by atoms with Crippen LogP contribution in [0.25, 0.3) is 0 Å². The van der Waals surface area contributed by atoms with Crippen molar-refractivity contribution in [2.24, 2.45) is 0 Å². The van der Waals surface area contributed by atoms with Gasteiger partial charge in [0.25, 0.3) is 5.91 Å². The highest BCUT2D eigenvalue weighted by molar-refractivity contribution is 5.94. The third-order valence-corrected chi connectivity index (χ3v) is 4.30. The maximum atomic E-state index is 12.7. The van der Waals surface area contributed by atoms with Gasteiger partial charge in [-0.2, -0.15) is 0 Å². The number of likely N-dealkylation sites (tertiary alicyclic amines) is 1. The highest BCUT2D eigenvalue weighted by Gasteiger charge is 2.28. The number of aliphatic hydroxyl groups is 2. The van der Waals surface area contributed by atoms with Crippen LogP contribution in [0.4, 0.5) is 0 Å². The lowest BCUT2D eigenvalue weighted by Crippen LogP contribution is -2.36. The molecule has 1 aliphatic rings. The molecular formula is C18H27NO3. The van der Waals surface area contributed by atoms with E-state index in [1.807, 2.05) is 29.2 Å². The molecule has 1 aromatic rings. The number of nitrogens with zero attached hydrogens (tertiary/aromatic N) is 1. The number of aliphatic hydroxyl groups excluding tert-OH is 1. The molecule has 22 heavy (non-hydrogen) atoms. The van der Waals surface area contributed by atoms with Gasteiger partial charge in [-0.1, -0.05) is 12.1 Å². The summed E-state index contributed by atoms with van der Waals surface area (Å²) in [6.45, 7) is 4.49. The van der Waals surface area contributed by atoms with Crippen molar-refractivity contribution >= 4 is 5.91 Å². The second kappa shape index (κ2) is 7.25. The number of benzene rings is 1. The monoisotopic (exact) mass is 305 g/mol. The molecule has 0 bridgehead atoms. The molecule has 1 aromatic carbocycles. The fraction of sp³-hybridized carbons (Fsp3) is 0.611.